The minimum absolute atomic E-state index is 0.00399. The molecule has 1 unspecified atom stereocenters. The number of rotatable bonds is 8. The normalized spacial score (nSPS) is 17.9. The van der Waals surface area contributed by atoms with Crippen molar-refractivity contribution >= 4 is 17.4 Å². The van der Waals surface area contributed by atoms with E-state index in [1.165, 1.54) is 29.2 Å². The molecule has 1 heterocycles. The van der Waals surface area contributed by atoms with Crippen LogP contribution >= 0.6 is 0 Å². The standard InChI is InChI=1S/C26H31FN2O4/c1-16(2)15-33-20-10-11-21(17(3)14-20)24(30)22-23(18-6-8-19(27)9-7-18)29(13-12-28(4)5)26(32)25(22)31/h6-11,14,16,23,30H,12-13,15H2,1-5H3. The second-order valence-corrected chi connectivity index (χ2v) is 9.03. The molecule has 1 fully saturated rings. The Morgan fingerprint density at radius 2 is 1.82 bits per heavy atom. The molecule has 33 heavy (non-hydrogen) atoms. The van der Waals surface area contributed by atoms with Gasteiger partial charge >= 0.3 is 0 Å². The molecule has 1 saturated heterocycles. The van der Waals surface area contributed by atoms with Gasteiger partial charge in [-0.2, -0.15) is 0 Å². The summed E-state index contributed by atoms with van der Waals surface area (Å²) in [6.45, 7) is 7.30. The number of carbonyl (C=O) groups is 2. The molecular weight excluding hydrogens is 423 g/mol. The molecule has 0 spiro atoms. The number of Topliss-reactive ketones (excluding diaryl/α,β-unsaturated/α-hetero) is 1. The van der Waals surface area contributed by atoms with Crippen LogP contribution in [0.5, 0.6) is 5.75 Å². The number of ether oxygens (including phenoxy) is 1. The number of ketones is 1. The van der Waals surface area contributed by atoms with Crippen LogP contribution < -0.4 is 4.74 Å². The van der Waals surface area contributed by atoms with Crippen LogP contribution in [0.2, 0.25) is 0 Å². The van der Waals surface area contributed by atoms with Gasteiger partial charge in [-0.25, -0.2) is 4.39 Å². The molecule has 1 N–H and O–H groups in total. The molecule has 0 aromatic heterocycles. The van der Waals surface area contributed by atoms with Gasteiger partial charge in [-0.15, -0.1) is 0 Å². The maximum Gasteiger partial charge on any atom is 0.295 e. The van der Waals surface area contributed by atoms with Crippen LogP contribution in [0.15, 0.2) is 48.0 Å². The predicted octanol–water partition coefficient (Wildman–Crippen LogP) is 4.15. The molecule has 2 aromatic carbocycles. The van der Waals surface area contributed by atoms with Gasteiger partial charge in [0.1, 0.15) is 17.3 Å². The van der Waals surface area contributed by atoms with Crippen molar-refractivity contribution in [3.63, 3.8) is 0 Å². The maximum absolute atomic E-state index is 13.6. The van der Waals surface area contributed by atoms with Gasteiger partial charge in [-0.05, 0) is 68.4 Å². The number of carbonyl (C=O) groups excluding carboxylic acids is 2. The molecule has 3 rings (SSSR count). The van der Waals surface area contributed by atoms with E-state index < -0.39 is 23.5 Å². The summed E-state index contributed by atoms with van der Waals surface area (Å²) >= 11 is 0. The molecule has 0 radical (unpaired) electrons. The Hall–Kier alpha value is -3.19. The van der Waals surface area contributed by atoms with E-state index in [1.807, 2.05) is 25.9 Å². The van der Waals surface area contributed by atoms with Crippen LogP contribution in [0.4, 0.5) is 4.39 Å². The van der Waals surface area contributed by atoms with E-state index in [2.05, 4.69) is 13.8 Å². The summed E-state index contributed by atoms with van der Waals surface area (Å²) < 4.78 is 19.3. The molecule has 1 aliphatic rings. The fourth-order valence-electron chi connectivity index (χ4n) is 3.81. The van der Waals surface area contributed by atoms with Crippen LogP contribution in [0.3, 0.4) is 0 Å². The molecule has 0 saturated carbocycles. The number of likely N-dealkylation sites (tertiary alicyclic amines) is 1. The average Bonchev–Trinajstić information content (AvgIpc) is 3.01. The number of amides is 1. The lowest BCUT2D eigenvalue weighted by Gasteiger charge is -2.26. The summed E-state index contributed by atoms with van der Waals surface area (Å²) in [7, 11) is 3.74. The van der Waals surface area contributed by atoms with Crippen molar-refractivity contribution in [2.24, 2.45) is 5.92 Å². The first-order chi connectivity index (χ1) is 15.6. The van der Waals surface area contributed by atoms with Crippen molar-refractivity contribution in [2.75, 3.05) is 33.8 Å². The molecule has 1 aliphatic heterocycles. The first-order valence-corrected chi connectivity index (χ1v) is 11.0. The van der Waals surface area contributed by atoms with E-state index in [9.17, 15) is 19.1 Å². The van der Waals surface area contributed by atoms with Crippen LogP contribution in [-0.2, 0) is 9.59 Å². The second kappa shape index (κ2) is 10.2. The van der Waals surface area contributed by atoms with Crippen LogP contribution in [0.1, 0.15) is 36.6 Å². The van der Waals surface area contributed by atoms with E-state index in [-0.39, 0.29) is 17.9 Å². The molecule has 1 amide bonds. The molecule has 7 heteroatoms. The lowest BCUT2D eigenvalue weighted by molar-refractivity contribution is -0.140. The van der Waals surface area contributed by atoms with Gasteiger partial charge in [-0.1, -0.05) is 26.0 Å². The zero-order valence-corrected chi connectivity index (χ0v) is 19.8. The fourth-order valence-corrected chi connectivity index (χ4v) is 3.81. The number of aliphatic hydroxyl groups excluding tert-OH is 1. The van der Waals surface area contributed by atoms with Crippen molar-refractivity contribution in [1.82, 2.24) is 9.80 Å². The highest BCUT2D eigenvalue weighted by molar-refractivity contribution is 6.46. The molecule has 1 atom stereocenters. The number of halogens is 1. The molecule has 176 valence electrons. The fraction of sp³-hybridized carbons (Fsp3) is 0.385. The smallest absolute Gasteiger partial charge is 0.295 e. The summed E-state index contributed by atoms with van der Waals surface area (Å²) in [4.78, 5) is 29.3. The van der Waals surface area contributed by atoms with Crippen molar-refractivity contribution in [3.8, 4) is 5.75 Å². The van der Waals surface area contributed by atoms with Crippen LogP contribution in [-0.4, -0.2) is 60.4 Å². The third-order valence-corrected chi connectivity index (χ3v) is 5.55. The zero-order valence-electron chi connectivity index (χ0n) is 19.8. The van der Waals surface area contributed by atoms with Crippen molar-refractivity contribution in [2.45, 2.75) is 26.8 Å². The Kier molecular flexibility index (Phi) is 7.53. The summed E-state index contributed by atoms with van der Waals surface area (Å²) in [5, 5.41) is 11.2. The minimum Gasteiger partial charge on any atom is -0.507 e. The SMILES string of the molecule is Cc1cc(OCC(C)C)ccc1C(O)=C1C(=O)C(=O)N(CCN(C)C)C1c1ccc(F)cc1. The van der Waals surface area contributed by atoms with Crippen molar-refractivity contribution in [3.05, 3.63) is 70.5 Å². The zero-order chi connectivity index (χ0) is 24.3. The van der Waals surface area contributed by atoms with Gasteiger partial charge in [0.25, 0.3) is 11.7 Å². The van der Waals surface area contributed by atoms with E-state index in [4.69, 9.17) is 4.74 Å². The number of aliphatic hydroxyl groups is 1. The van der Waals surface area contributed by atoms with Crippen molar-refractivity contribution < 1.29 is 23.8 Å². The molecular formula is C26H31FN2O4. The van der Waals surface area contributed by atoms with Gasteiger partial charge in [0.2, 0.25) is 0 Å². The van der Waals surface area contributed by atoms with E-state index >= 15 is 0 Å². The largest absolute Gasteiger partial charge is 0.507 e. The predicted molar refractivity (Wildman–Crippen MR) is 125 cm³/mol. The minimum atomic E-state index is -0.804. The quantitative estimate of drug-likeness (QED) is 0.369. The molecule has 2 aromatic rings. The molecule has 0 bridgehead atoms. The topological polar surface area (TPSA) is 70.1 Å². The molecule has 0 aliphatic carbocycles. The highest BCUT2D eigenvalue weighted by atomic mass is 19.1. The average molecular weight is 455 g/mol. The van der Waals surface area contributed by atoms with Gasteiger partial charge in [-0.3, -0.25) is 9.59 Å². The number of likely N-dealkylation sites (N-methyl/N-ethyl adjacent to an activating group) is 1. The van der Waals surface area contributed by atoms with Crippen LogP contribution in [0, 0.1) is 18.7 Å². The monoisotopic (exact) mass is 454 g/mol. The number of hydrogen-bond donors (Lipinski definition) is 1. The Morgan fingerprint density at radius 1 is 1.15 bits per heavy atom. The number of nitrogens with zero attached hydrogens (tertiary/aromatic N) is 2. The molecule has 6 nitrogen and oxygen atoms in total. The Morgan fingerprint density at radius 3 is 2.39 bits per heavy atom. The first-order valence-electron chi connectivity index (χ1n) is 11.0. The van der Waals surface area contributed by atoms with Gasteiger partial charge in [0.05, 0.1) is 18.2 Å². The van der Waals surface area contributed by atoms with Gasteiger partial charge in [0, 0.05) is 18.7 Å². The van der Waals surface area contributed by atoms with Crippen molar-refractivity contribution in [1.29, 1.82) is 0 Å². The van der Waals surface area contributed by atoms with E-state index in [0.29, 0.717) is 41.5 Å². The highest BCUT2D eigenvalue weighted by Gasteiger charge is 2.46. The number of hydrogen-bond acceptors (Lipinski definition) is 5. The lowest BCUT2D eigenvalue weighted by atomic mass is 9.94. The summed E-state index contributed by atoms with van der Waals surface area (Å²) in [5.74, 6) is -1.06. The van der Waals surface area contributed by atoms with Gasteiger partial charge < -0.3 is 19.6 Å². The Balaban J connectivity index is 2.07. The van der Waals surface area contributed by atoms with E-state index in [0.717, 1.165) is 0 Å². The Bertz CT molecular complexity index is 1060. The number of aryl methyl sites for hydroxylation is 1. The van der Waals surface area contributed by atoms with Crippen LogP contribution in [0.25, 0.3) is 5.76 Å². The summed E-state index contributed by atoms with van der Waals surface area (Å²) in [6, 6.07) is 10.1. The van der Waals surface area contributed by atoms with E-state index in [1.54, 1.807) is 18.2 Å². The third kappa shape index (κ3) is 5.42. The highest BCUT2D eigenvalue weighted by Crippen LogP contribution is 2.40. The maximum atomic E-state index is 13.6. The second-order valence-electron chi connectivity index (χ2n) is 9.03. The number of benzene rings is 2. The first kappa shape index (κ1) is 24.5. The summed E-state index contributed by atoms with van der Waals surface area (Å²) in [5.41, 5.74) is 1.73. The Labute approximate surface area is 194 Å². The lowest BCUT2D eigenvalue weighted by Crippen LogP contribution is -2.35. The summed E-state index contributed by atoms with van der Waals surface area (Å²) in [6.07, 6.45) is 0. The van der Waals surface area contributed by atoms with Gasteiger partial charge in [0.15, 0.2) is 0 Å². The third-order valence-electron chi connectivity index (χ3n) is 5.55.